The second-order valence-corrected chi connectivity index (χ2v) is 9.92. The van der Waals surface area contributed by atoms with Gasteiger partial charge in [-0.05, 0) is 41.5 Å². The van der Waals surface area contributed by atoms with Crippen LogP contribution in [-0.4, -0.2) is 4.32 Å². The highest BCUT2D eigenvalue weighted by atomic mass is 79.9. The maximum absolute atomic E-state index is 4.30. The number of hydrogen-bond acceptors (Lipinski definition) is 0. The van der Waals surface area contributed by atoms with E-state index < -0.39 is 0 Å². The Morgan fingerprint density at radius 2 is 0.923 bits per heavy atom. The summed E-state index contributed by atoms with van der Waals surface area (Å²) >= 11 is 4.30. The van der Waals surface area contributed by atoms with Crippen LogP contribution < -0.4 is 0 Å². The van der Waals surface area contributed by atoms with E-state index in [9.17, 15) is 0 Å². The summed E-state index contributed by atoms with van der Waals surface area (Å²) in [5, 5.41) is 0. The molecule has 0 aromatic rings. The van der Waals surface area contributed by atoms with Crippen LogP contribution in [0.15, 0.2) is 0 Å². The fourth-order valence-electron chi connectivity index (χ4n) is 4.11. The molecule has 2 heteroatoms. The number of hydrogen-bond donors (Lipinski definition) is 0. The van der Waals surface area contributed by atoms with Crippen molar-refractivity contribution in [3.05, 3.63) is 0 Å². The third-order valence-electron chi connectivity index (χ3n) is 5.94. The molecule has 0 aromatic carbocycles. The van der Waals surface area contributed by atoms with E-state index in [4.69, 9.17) is 0 Å². The molecule has 0 spiro atoms. The van der Waals surface area contributed by atoms with Crippen molar-refractivity contribution in [1.82, 2.24) is 0 Å². The fourth-order valence-corrected chi connectivity index (χ4v) is 5.13. The van der Waals surface area contributed by atoms with Crippen LogP contribution in [0.25, 0.3) is 0 Å². The van der Waals surface area contributed by atoms with Gasteiger partial charge in [-0.2, -0.15) is 0 Å². The number of alkyl halides is 1. The molecule has 0 saturated carbocycles. The first-order valence-electron chi connectivity index (χ1n) is 11.8. The second kappa shape index (κ2) is 20.6. The maximum Gasteiger partial charge on any atom is 0.0286 e. The van der Waals surface area contributed by atoms with Gasteiger partial charge in [0, 0.05) is 4.32 Å². The molecular formula is C24H53BrP+. The fraction of sp³-hybridized carbons (Fsp3) is 1.00. The van der Waals surface area contributed by atoms with Crippen molar-refractivity contribution >= 4 is 25.8 Å². The molecule has 0 radical (unpaired) electrons. The van der Waals surface area contributed by atoms with Crippen molar-refractivity contribution in [3.63, 3.8) is 0 Å². The standard InChI is InChI=1S/C24H49Br.H3P/c1-5-9-13-14-15-16-17-18-20-23(19-10-6-2)24(25,21-11-7-3)22-12-8-4;/h23H,5-22H2,1-4H3;1H3/p+1. The molecule has 2 atom stereocenters. The van der Waals surface area contributed by atoms with Crippen LogP contribution in [0.4, 0.5) is 0 Å². The highest BCUT2D eigenvalue weighted by molar-refractivity contribution is 9.10. The van der Waals surface area contributed by atoms with Crippen LogP contribution in [0, 0.1) is 5.92 Å². The van der Waals surface area contributed by atoms with E-state index in [0.717, 1.165) is 5.92 Å². The molecule has 0 N–H and O–H groups in total. The summed E-state index contributed by atoms with van der Waals surface area (Å²) in [4.78, 5) is 0. The lowest BCUT2D eigenvalue weighted by Gasteiger charge is -2.37. The second-order valence-electron chi connectivity index (χ2n) is 8.34. The molecule has 0 heterocycles. The summed E-state index contributed by atoms with van der Waals surface area (Å²) in [6.07, 6.45) is 25.4. The third kappa shape index (κ3) is 14.9. The van der Waals surface area contributed by atoms with Crippen LogP contribution in [0.5, 0.6) is 0 Å². The van der Waals surface area contributed by atoms with Crippen molar-refractivity contribution in [2.45, 2.75) is 148 Å². The van der Waals surface area contributed by atoms with Crippen molar-refractivity contribution in [2.24, 2.45) is 5.92 Å². The van der Waals surface area contributed by atoms with Crippen LogP contribution >= 0.6 is 25.8 Å². The Morgan fingerprint density at radius 1 is 0.538 bits per heavy atom. The third-order valence-corrected chi connectivity index (χ3v) is 7.38. The predicted molar refractivity (Wildman–Crippen MR) is 133 cm³/mol. The summed E-state index contributed by atoms with van der Waals surface area (Å²) in [6, 6.07) is 0. The Kier molecular flexibility index (Phi) is 23.1. The van der Waals surface area contributed by atoms with E-state index >= 15 is 0 Å². The largest absolute Gasteiger partial charge is 0.0850 e. The van der Waals surface area contributed by atoms with E-state index in [1.807, 2.05) is 0 Å². The summed E-state index contributed by atoms with van der Waals surface area (Å²) in [5.41, 5.74) is 0. The smallest absolute Gasteiger partial charge is 0.0286 e. The van der Waals surface area contributed by atoms with Gasteiger partial charge < -0.3 is 0 Å². The van der Waals surface area contributed by atoms with E-state index in [1.165, 1.54) is 116 Å². The van der Waals surface area contributed by atoms with Gasteiger partial charge in [-0.15, -0.1) is 0 Å². The molecule has 0 fully saturated rings. The van der Waals surface area contributed by atoms with Crippen molar-refractivity contribution in [2.75, 3.05) is 0 Å². The Morgan fingerprint density at radius 3 is 1.38 bits per heavy atom. The number of halogens is 1. The van der Waals surface area contributed by atoms with Gasteiger partial charge in [0.15, 0.2) is 0 Å². The highest BCUT2D eigenvalue weighted by Gasteiger charge is 2.34. The summed E-state index contributed by atoms with van der Waals surface area (Å²) < 4.78 is 0.426. The van der Waals surface area contributed by atoms with E-state index in [-0.39, 0.29) is 9.90 Å². The van der Waals surface area contributed by atoms with Gasteiger partial charge in [0.25, 0.3) is 0 Å². The Labute approximate surface area is 179 Å². The molecule has 26 heavy (non-hydrogen) atoms. The van der Waals surface area contributed by atoms with Gasteiger partial charge >= 0.3 is 0 Å². The van der Waals surface area contributed by atoms with Gasteiger partial charge in [-0.3, -0.25) is 0 Å². The summed E-state index contributed by atoms with van der Waals surface area (Å²) in [6.45, 7) is 9.33. The van der Waals surface area contributed by atoms with Crippen LogP contribution in [0.1, 0.15) is 143 Å². The average Bonchev–Trinajstić information content (AvgIpc) is 2.62. The topological polar surface area (TPSA) is 0 Å². The zero-order valence-corrected chi connectivity index (χ0v) is 22.8. The summed E-state index contributed by atoms with van der Waals surface area (Å²) in [7, 11) is 0. The number of unbranched alkanes of at least 4 members (excludes halogenated alkanes) is 10. The van der Waals surface area contributed by atoms with Gasteiger partial charge in [0.2, 0.25) is 0 Å². The normalized spacial score (nSPS) is 12.8. The molecule has 0 aliphatic rings. The first-order valence-corrected chi connectivity index (χ1v) is 12.6. The SMILES string of the molecule is CCCCCCCCCCC(CCCC)C(Br)(CCCC)CCCC.[PH4+]. The molecular weight excluding hydrogens is 399 g/mol. The average molecular weight is 453 g/mol. The zero-order valence-electron chi connectivity index (χ0n) is 19.2. The van der Waals surface area contributed by atoms with Gasteiger partial charge in [-0.25, -0.2) is 0 Å². The van der Waals surface area contributed by atoms with E-state index in [1.54, 1.807) is 0 Å². The van der Waals surface area contributed by atoms with Crippen LogP contribution in [-0.2, 0) is 0 Å². The minimum absolute atomic E-state index is 0. The molecule has 0 aliphatic carbocycles. The molecule has 0 aliphatic heterocycles. The Balaban J connectivity index is 0. The quantitative estimate of drug-likeness (QED) is 0.104. The monoisotopic (exact) mass is 451 g/mol. The first kappa shape index (κ1) is 29.1. The van der Waals surface area contributed by atoms with Crippen molar-refractivity contribution in [1.29, 1.82) is 0 Å². The van der Waals surface area contributed by atoms with Crippen molar-refractivity contribution in [3.8, 4) is 0 Å². The zero-order chi connectivity index (χ0) is 18.8. The molecule has 0 nitrogen and oxygen atoms in total. The lowest BCUT2D eigenvalue weighted by molar-refractivity contribution is 0.282. The molecule has 160 valence electrons. The first-order chi connectivity index (χ1) is 12.1. The highest BCUT2D eigenvalue weighted by Crippen LogP contribution is 2.43. The minimum Gasteiger partial charge on any atom is -0.0850 e. The van der Waals surface area contributed by atoms with Gasteiger partial charge in [0.1, 0.15) is 0 Å². The van der Waals surface area contributed by atoms with E-state index in [2.05, 4.69) is 43.6 Å². The minimum atomic E-state index is 0. The summed E-state index contributed by atoms with van der Waals surface area (Å²) in [5.74, 6) is 0.894. The molecule has 2 unspecified atom stereocenters. The number of rotatable bonds is 19. The molecule has 0 amide bonds. The predicted octanol–water partition coefficient (Wildman–Crippen LogP) is 9.63. The van der Waals surface area contributed by atoms with Crippen LogP contribution in [0.2, 0.25) is 0 Å². The Hall–Kier alpha value is 0.910. The molecule has 0 saturated heterocycles. The van der Waals surface area contributed by atoms with E-state index in [0.29, 0.717) is 4.32 Å². The van der Waals surface area contributed by atoms with Crippen molar-refractivity contribution < 1.29 is 0 Å². The molecule has 0 rings (SSSR count). The van der Waals surface area contributed by atoms with Gasteiger partial charge in [-0.1, -0.05) is 134 Å². The Bertz CT molecular complexity index is 259. The van der Waals surface area contributed by atoms with Gasteiger partial charge in [0.05, 0.1) is 0 Å². The molecule has 0 bridgehead atoms. The molecule has 0 aromatic heterocycles. The lowest BCUT2D eigenvalue weighted by atomic mass is 9.78. The lowest BCUT2D eigenvalue weighted by Crippen LogP contribution is -2.32. The van der Waals surface area contributed by atoms with Crippen LogP contribution in [0.3, 0.4) is 0 Å². The maximum atomic E-state index is 4.30.